The van der Waals surface area contributed by atoms with E-state index in [0.717, 1.165) is 0 Å². The fourth-order valence-corrected chi connectivity index (χ4v) is 1.75. The molecule has 1 aromatic rings. The average molecular weight is 282 g/mol. The van der Waals surface area contributed by atoms with Crippen molar-refractivity contribution in [1.82, 2.24) is 10.2 Å². The molecule has 0 unspecified atom stereocenters. The van der Waals surface area contributed by atoms with Gasteiger partial charge in [-0.1, -0.05) is 13.0 Å². The van der Waals surface area contributed by atoms with E-state index in [1.807, 2.05) is 11.8 Å². The van der Waals surface area contributed by atoms with Crippen molar-refractivity contribution in [3.63, 3.8) is 0 Å². The Labute approximate surface area is 117 Å². The topological polar surface area (TPSA) is 58.6 Å². The summed E-state index contributed by atoms with van der Waals surface area (Å²) in [5.41, 5.74) is 0.603. The number of carbonyl (C=O) groups is 2. The number of nitrogens with zero attached hydrogens (tertiary/aromatic N) is 1. The molecule has 1 aromatic carbocycles. The monoisotopic (exact) mass is 282 g/mol. The van der Waals surface area contributed by atoms with Crippen molar-refractivity contribution in [2.75, 3.05) is 27.2 Å². The lowest BCUT2D eigenvalue weighted by atomic mass is 10.1. The third-order valence-electron chi connectivity index (χ3n) is 2.94. The predicted molar refractivity (Wildman–Crippen MR) is 72.8 cm³/mol. The third kappa shape index (κ3) is 4.31. The Hall–Kier alpha value is -1.95. The zero-order valence-corrected chi connectivity index (χ0v) is 11.9. The van der Waals surface area contributed by atoms with Crippen molar-refractivity contribution in [2.45, 2.75) is 13.5 Å². The van der Waals surface area contributed by atoms with Gasteiger partial charge >= 0.3 is 5.97 Å². The summed E-state index contributed by atoms with van der Waals surface area (Å²) in [4.78, 5) is 24.5. The number of benzene rings is 1. The zero-order chi connectivity index (χ0) is 15.1. The van der Waals surface area contributed by atoms with Crippen LogP contribution in [0, 0.1) is 5.82 Å². The largest absolute Gasteiger partial charge is 0.465 e. The highest BCUT2D eigenvalue weighted by Crippen LogP contribution is 2.13. The molecule has 0 aliphatic heterocycles. The van der Waals surface area contributed by atoms with Gasteiger partial charge < -0.3 is 10.1 Å². The van der Waals surface area contributed by atoms with E-state index >= 15 is 0 Å². The first-order valence-corrected chi connectivity index (χ1v) is 6.31. The number of rotatable bonds is 6. The molecule has 110 valence electrons. The van der Waals surface area contributed by atoms with Crippen LogP contribution in [0.1, 0.15) is 22.8 Å². The lowest BCUT2D eigenvalue weighted by Crippen LogP contribution is -2.35. The van der Waals surface area contributed by atoms with Crippen LogP contribution in [0.3, 0.4) is 0 Å². The molecular weight excluding hydrogens is 263 g/mol. The van der Waals surface area contributed by atoms with Crippen LogP contribution in [0.15, 0.2) is 18.2 Å². The summed E-state index contributed by atoms with van der Waals surface area (Å²) >= 11 is 0. The maximum atomic E-state index is 13.8. The Bertz CT molecular complexity index is 491. The van der Waals surface area contributed by atoms with E-state index in [2.05, 4.69) is 10.1 Å². The summed E-state index contributed by atoms with van der Waals surface area (Å²) in [6, 6.07) is 4.34. The first-order chi connectivity index (χ1) is 9.51. The summed E-state index contributed by atoms with van der Waals surface area (Å²) in [5.74, 6) is -1.42. The summed E-state index contributed by atoms with van der Waals surface area (Å²) in [6.07, 6.45) is 0. The van der Waals surface area contributed by atoms with Gasteiger partial charge in [0.05, 0.1) is 19.2 Å². The molecule has 0 heterocycles. The average Bonchev–Trinajstić information content (AvgIpc) is 2.45. The number of methoxy groups -OCH3 is 1. The van der Waals surface area contributed by atoms with Crippen LogP contribution in [0.5, 0.6) is 0 Å². The lowest BCUT2D eigenvalue weighted by molar-refractivity contribution is -0.121. The first-order valence-electron chi connectivity index (χ1n) is 6.31. The normalized spacial score (nSPS) is 10.4. The highest BCUT2D eigenvalue weighted by molar-refractivity contribution is 5.89. The Balaban J connectivity index is 2.79. The van der Waals surface area contributed by atoms with E-state index in [1.54, 1.807) is 13.1 Å². The minimum Gasteiger partial charge on any atom is -0.465 e. The van der Waals surface area contributed by atoms with E-state index in [4.69, 9.17) is 0 Å². The molecule has 0 spiro atoms. The molecule has 0 fully saturated rings. The maximum absolute atomic E-state index is 13.8. The summed E-state index contributed by atoms with van der Waals surface area (Å²) in [7, 11) is 2.78. The van der Waals surface area contributed by atoms with Crippen LogP contribution in [-0.4, -0.2) is 44.0 Å². The van der Waals surface area contributed by atoms with Gasteiger partial charge in [0.2, 0.25) is 5.91 Å². The van der Waals surface area contributed by atoms with Crippen molar-refractivity contribution in [3.8, 4) is 0 Å². The number of hydrogen-bond donors (Lipinski definition) is 1. The molecule has 0 radical (unpaired) electrons. The van der Waals surface area contributed by atoms with Crippen molar-refractivity contribution >= 4 is 11.9 Å². The van der Waals surface area contributed by atoms with Gasteiger partial charge in [-0.25, -0.2) is 9.18 Å². The van der Waals surface area contributed by atoms with Gasteiger partial charge in [-0.05, 0) is 24.2 Å². The van der Waals surface area contributed by atoms with Crippen LogP contribution in [0.2, 0.25) is 0 Å². The first kappa shape index (κ1) is 16.1. The number of halogens is 1. The molecule has 0 aliphatic rings. The molecule has 0 aromatic heterocycles. The molecule has 0 bridgehead atoms. The quantitative estimate of drug-likeness (QED) is 0.796. The third-order valence-corrected chi connectivity index (χ3v) is 2.94. The molecule has 1 rings (SSSR count). The predicted octanol–water partition coefficient (Wildman–Crippen LogP) is 1.18. The second-order valence-corrected chi connectivity index (χ2v) is 4.28. The van der Waals surface area contributed by atoms with E-state index in [9.17, 15) is 14.0 Å². The minimum absolute atomic E-state index is 0.0920. The summed E-state index contributed by atoms with van der Waals surface area (Å²) in [5, 5.41) is 2.54. The minimum atomic E-state index is -0.702. The van der Waals surface area contributed by atoms with Gasteiger partial charge in [0.25, 0.3) is 0 Å². The Kier molecular flexibility index (Phi) is 6.11. The van der Waals surface area contributed by atoms with Crippen LogP contribution in [0.25, 0.3) is 0 Å². The van der Waals surface area contributed by atoms with Crippen molar-refractivity contribution in [1.29, 1.82) is 0 Å². The molecule has 0 atom stereocenters. The highest BCUT2D eigenvalue weighted by atomic mass is 19.1. The number of hydrogen-bond acceptors (Lipinski definition) is 4. The second kappa shape index (κ2) is 7.59. The van der Waals surface area contributed by atoms with E-state index < -0.39 is 11.8 Å². The van der Waals surface area contributed by atoms with Crippen LogP contribution >= 0.6 is 0 Å². The van der Waals surface area contributed by atoms with E-state index in [-0.39, 0.29) is 18.0 Å². The molecule has 20 heavy (non-hydrogen) atoms. The molecule has 0 aliphatic carbocycles. The smallest absolute Gasteiger partial charge is 0.340 e. The molecule has 5 nitrogen and oxygen atoms in total. The van der Waals surface area contributed by atoms with Crippen LogP contribution < -0.4 is 5.32 Å². The standard InChI is InChI=1S/C14H19FN2O3/c1-4-17(9-13(18)16-2)8-10-5-6-11(12(15)7-10)14(19)20-3/h5-7H,4,8-9H2,1-3H3,(H,16,18). The number of nitrogens with one attached hydrogen (secondary N) is 1. The molecule has 0 saturated carbocycles. The van der Waals surface area contributed by atoms with Crippen molar-refractivity contribution in [3.05, 3.63) is 35.1 Å². The van der Waals surface area contributed by atoms with Gasteiger partial charge in [-0.3, -0.25) is 9.69 Å². The molecule has 0 saturated heterocycles. The highest BCUT2D eigenvalue weighted by Gasteiger charge is 2.14. The molecule has 1 N–H and O–H groups in total. The number of carbonyl (C=O) groups excluding carboxylic acids is 2. The fourth-order valence-electron chi connectivity index (χ4n) is 1.75. The van der Waals surface area contributed by atoms with Gasteiger partial charge in [0.15, 0.2) is 0 Å². The number of esters is 1. The van der Waals surface area contributed by atoms with Crippen molar-refractivity contribution < 1.29 is 18.7 Å². The van der Waals surface area contributed by atoms with E-state index in [1.165, 1.54) is 19.2 Å². The van der Waals surface area contributed by atoms with Gasteiger partial charge in [0, 0.05) is 13.6 Å². The Morgan fingerprint density at radius 1 is 1.40 bits per heavy atom. The van der Waals surface area contributed by atoms with Crippen LogP contribution in [-0.2, 0) is 16.1 Å². The lowest BCUT2D eigenvalue weighted by Gasteiger charge is -2.19. The second-order valence-electron chi connectivity index (χ2n) is 4.28. The molecule has 1 amide bonds. The summed E-state index contributed by atoms with van der Waals surface area (Å²) in [6.45, 7) is 3.26. The SMILES string of the molecule is CCN(CC(=O)NC)Cc1ccc(C(=O)OC)c(F)c1. The van der Waals surface area contributed by atoms with Gasteiger partial charge in [-0.15, -0.1) is 0 Å². The van der Waals surface area contributed by atoms with Gasteiger partial charge in [0.1, 0.15) is 5.82 Å². The van der Waals surface area contributed by atoms with Gasteiger partial charge in [-0.2, -0.15) is 0 Å². The number of likely N-dealkylation sites (N-methyl/N-ethyl adjacent to an activating group) is 2. The summed E-state index contributed by atoms with van der Waals surface area (Å²) < 4.78 is 18.3. The zero-order valence-electron chi connectivity index (χ0n) is 11.9. The Morgan fingerprint density at radius 3 is 2.60 bits per heavy atom. The maximum Gasteiger partial charge on any atom is 0.340 e. The number of amides is 1. The van der Waals surface area contributed by atoms with E-state index in [0.29, 0.717) is 18.7 Å². The Morgan fingerprint density at radius 2 is 2.10 bits per heavy atom. The van der Waals surface area contributed by atoms with Crippen LogP contribution in [0.4, 0.5) is 4.39 Å². The fraction of sp³-hybridized carbons (Fsp3) is 0.429. The molecule has 6 heteroatoms. The van der Waals surface area contributed by atoms with Crippen molar-refractivity contribution in [2.24, 2.45) is 0 Å². The number of ether oxygens (including phenoxy) is 1. The molecular formula is C14H19FN2O3.